The molecule has 0 saturated carbocycles. The summed E-state index contributed by atoms with van der Waals surface area (Å²) in [6.07, 6.45) is 4.31. The summed E-state index contributed by atoms with van der Waals surface area (Å²) < 4.78 is 31.0. The summed E-state index contributed by atoms with van der Waals surface area (Å²) in [6.45, 7) is 2.09. The van der Waals surface area contributed by atoms with Gasteiger partial charge in [0.1, 0.15) is 5.84 Å². The number of hydrazone groups is 1. The van der Waals surface area contributed by atoms with Crippen molar-refractivity contribution in [3.8, 4) is 0 Å². The van der Waals surface area contributed by atoms with Gasteiger partial charge in [-0.3, -0.25) is 14.1 Å². The van der Waals surface area contributed by atoms with Crippen LogP contribution in [0.5, 0.6) is 0 Å². The monoisotopic (exact) mass is 367 g/mol. The average molecular weight is 367 g/mol. The lowest BCUT2D eigenvalue weighted by molar-refractivity contribution is -0.119. The van der Waals surface area contributed by atoms with Crippen LogP contribution in [-0.2, 0) is 19.7 Å². The first-order valence-corrected chi connectivity index (χ1v) is 9.53. The quantitative estimate of drug-likeness (QED) is 0.565. The molecule has 0 saturated heterocycles. The molecule has 0 radical (unpaired) electrons. The van der Waals surface area contributed by atoms with Crippen molar-refractivity contribution in [2.24, 2.45) is 5.10 Å². The van der Waals surface area contributed by atoms with Gasteiger partial charge in [0.25, 0.3) is 16.0 Å². The SMILES string of the molecule is CCCCCCC(=O)NC1=NN(c2ccc(S(=O)(=O)O)cc2)C(=O)C1. The highest BCUT2D eigenvalue weighted by molar-refractivity contribution is 7.85. The van der Waals surface area contributed by atoms with Crippen LogP contribution >= 0.6 is 0 Å². The first-order chi connectivity index (χ1) is 11.8. The van der Waals surface area contributed by atoms with Crippen molar-refractivity contribution in [2.75, 3.05) is 5.01 Å². The Hall–Kier alpha value is -2.26. The molecule has 9 heteroatoms. The maximum atomic E-state index is 12.0. The third-order valence-corrected chi connectivity index (χ3v) is 4.56. The highest BCUT2D eigenvalue weighted by atomic mass is 32.2. The Bertz CT molecular complexity index is 771. The fourth-order valence-corrected chi connectivity index (χ4v) is 2.88. The van der Waals surface area contributed by atoms with E-state index < -0.39 is 10.1 Å². The zero-order valence-electron chi connectivity index (χ0n) is 13.9. The molecule has 0 aliphatic carbocycles. The number of nitrogens with zero attached hydrogens (tertiary/aromatic N) is 2. The molecule has 1 aromatic rings. The predicted molar refractivity (Wildman–Crippen MR) is 92.7 cm³/mol. The van der Waals surface area contributed by atoms with Crippen LogP contribution in [0.3, 0.4) is 0 Å². The summed E-state index contributed by atoms with van der Waals surface area (Å²) >= 11 is 0. The maximum Gasteiger partial charge on any atom is 0.294 e. The number of nitrogens with one attached hydrogen (secondary N) is 1. The Kier molecular flexibility index (Phi) is 6.27. The van der Waals surface area contributed by atoms with Crippen molar-refractivity contribution in [3.63, 3.8) is 0 Å². The molecule has 1 aliphatic heterocycles. The molecule has 1 aliphatic rings. The molecule has 0 unspecified atom stereocenters. The Morgan fingerprint density at radius 1 is 1.24 bits per heavy atom. The van der Waals surface area contributed by atoms with Crippen molar-refractivity contribution in [1.82, 2.24) is 5.32 Å². The molecule has 2 rings (SSSR count). The number of unbranched alkanes of at least 4 members (excludes halogenated alkanes) is 3. The van der Waals surface area contributed by atoms with Gasteiger partial charge in [0.05, 0.1) is 17.0 Å². The van der Waals surface area contributed by atoms with E-state index in [0.717, 1.165) is 30.7 Å². The summed E-state index contributed by atoms with van der Waals surface area (Å²) in [5, 5.41) is 7.80. The van der Waals surface area contributed by atoms with E-state index in [1.165, 1.54) is 24.3 Å². The van der Waals surface area contributed by atoms with Crippen molar-refractivity contribution in [1.29, 1.82) is 0 Å². The summed E-state index contributed by atoms with van der Waals surface area (Å²) in [5.74, 6) is -0.239. The van der Waals surface area contributed by atoms with Crippen LogP contribution in [0.15, 0.2) is 34.3 Å². The normalized spacial score (nSPS) is 14.6. The standard InChI is InChI=1S/C16H21N3O5S/c1-2-3-4-5-6-15(20)17-14-11-16(21)19(18-14)12-7-9-13(10-8-12)25(22,23)24/h7-10H,2-6,11H2,1H3,(H,17,18,20)(H,22,23,24). The lowest BCUT2D eigenvalue weighted by atomic mass is 10.1. The second-order valence-electron chi connectivity index (χ2n) is 5.76. The van der Waals surface area contributed by atoms with Crippen LogP contribution in [0.4, 0.5) is 5.69 Å². The minimum atomic E-state index is -4.29. The van der Waals surface area contributed by atoms with Crippen molar-refractivity contribution < 1.29 is 22.6 Å². The number of benzene rings is 1. The molecular weight excluding hydrogens is 346 g/mol. The van der Waals surface area contributed by atoms with Crippen molar-refractivity contribution in [3.05, 3.63) is 24.3 Å². The number of carbonyl (C=O) groups excluding carboxylic acids is 2. The summed E-state index contributed by atoms with van der Waals surface area (Å²) in [5.41, 5.74) is 0.351. The lowest BCUT2D eigenvalue weighted by Crippen LogP contribution is -2.29. The lowest BCUT2D eigenvalue weighted by Gasteiger charge is -2.11. The number of hydrogen-bond donors (Lipinski definition) is 2. The molecular formula is C16H21N3O5S. The van der Waals surface area contributed by atoms with Gasteiger partial charge in [-0.2, -0.15) is 18.5 Å². The van der Waals surface area contributed by atoms with Crippen molar-refractivity contribution in [2.45, 2.75) is 50.3 Å². The molecule has 0 spiro atoms. The molecule has 2 N–H and O–H groups in total. The van der Waals surface area contributed by atoms with E-state index in [0.29, 0.717) is 12.1 Å². The van der Waals surface area contributed by atoms with E-state index >= 15 is 0 Å². The van der Waals surface area contributed by atoms with E-state index in [2.05, 4.69) is 17.3 Å². The zero-order chi connectivity index (χ0) is 18.4. The number of amides is 2. The molecule has 0 fully saturated rings. The van der Waals surface area contributed by atoms with Gasteiger partial charge in [0, 0.05) is 6.42 Å². The highest BCUT2D eigenvalue weighted by Gasteiger charge is 2.26. The number of rotatable bonds is 7. The minimum absolute atomic E-state index is 0.0270. The Morgan fingerprint density at radius 3 is 2.52 bits per heavy atom. The molecule has 25 heavy (non-hydrogen) atoms. The predicted octanol–water partition coefficient (Wildman–Crippen LogP) is 2.07. The van der Waals surface area contributed by atoms with Crippen molar-refractivity contribution >= 4 is 33.5 Å². The third kappa shape index (κ3) is 5.36. The molecule has 0 atom stereocenters. The van der Waals surface area contributed by atoms with Crippen LogP contribution in [0.25, 0.3) is 0 Å². The van der Waals surface area contributed by atoms with E-state index in [4.69, 9.17) is 4.55 Å². The Morgan fingerprint density at radius 2 is 1.92 bits per heavy atom. The van der Waals surface area contributed by atoms with Gasteiger partial charge in [-0.25, -0.2) is 0 Å². The average Bonchev–Trinajstić information content (AvgIpc) is 2.91. The summed E-state index contributed by atoms with van der Waals surface area (Å²) in [4.78, 5) is 23.6. The molecule has 0 bridgehead atoms. The zero-order valence-corrected chi connectivity index (χ0v) is 14.8. The summed E-state index contributed by atoms with van der Waals surface area (Å²) in [6, 6.07) is 5.08. The Balaban J connectivity index is 1.98. The van der Waals surface area contributed by atoms with Crippen LogP contribution in [0.2, 0.25) is 0 Å². The molecule has 8 nitrogen and oxygen atoms in total. The highest BCUT2D eigenvalue weighted by Crippen LogP contribution is 2.22. The number of hydrogen-bond acceptors (Lipinski definition) is 5. The van der Waals surface area contributed by atoms with Gasteiger partial charge in [0.15, 0.2) is 0 Å². The fourth-order valence-electron chi connectivity index (χ4n) is 2.40. The topological polar surface area (TPSA) is 116 Å². The second kappa shape index (κ2) is 8.21. The minimum Gasteiger partial charge on any atom is -0.312 e. The third-order valence-electron chi connectivity index (χ3n) is 3.70. The molecule has 1 aromatic carbocycles. The van der Waals surface area contributed by atoms with Gasteiger partial charge < -0.3 is 5.32 Å². The van der Waals surface area contributed by atoms with E-state index in [1.54, 1.807) is 0 Å². The second-order valence-corrected chi connectivity index (χ2v) is 7.18. The van der Waals surface area contributed by atoms with E-state index in [-0.39, 0.29) is 29.0 Å². The number of anilines is 1. The summed E-state index contributed by atoms with van der Waals surface area (Å²) in [7, 11) is -4.29. The van der Waals surface area contributed by atoms with Crippen LogP contribution < -0.4 is 10.3 Å². The largest absolute Gasteiger partial charge is 0.312 e. The molecule has 2 amide bonds. The van der Waals surface area contributed by atoms with Crippen LogP contribution in [-0.4, -0.2) is 30.6 Å². The maximum absolute atomic E-state index is 12.0. The smallest absolute Gasteiger partial charge is 0.294 e. The van der Waals surface area contributed by atoms with Gasteiger partial charge in [-0.15, -0.1) is 0 Å². The molecule has 1 heterocycles. The molecule has 0 aromatic heterocycles. The van der Waals surface area contributed by atoms with E-state index in [1.807, 2.05) is 0 Å². The van der Waals surface area contributed by atoms with Gasteiger partial charge >= 0.3 is 0 Å². The Labute approximate surface area is 146 Å². The van der Waals surface area contributed by atoms with Crippen LogP contribution in [0.1, 0.15) is 45.4 Å². The van der Waals surface area contributed by atoms with Gasteiger partial charge in [-0.1, -0.05) is 26.2 Å². The van der Waals surface area contributed by atoms with Crippen LogP contribution in [0, 0.1) is 0 Å². The molecule has 136 valence electrons. The number of amidine groups is 1. The first kappa shape index (κ1) is 19.1. The van der Waals surface area contributed by atoms with Gasteiger partial charge in [0.2, 0.25) is 5.91 Å². The van der Waals surface area contributed by atoms with E-state index in [9.17, 15) is 18.0 Å². The number of carbonyl (C=O) groups is 2. The fraction of sp³-hybridized carbons (Fsp3) is 0.438. The van der Waals surface area contributed by atoms with Gasteiger partial charge in [-0.05, 0) is 30.7 Å². The first-order valence-electron chi connectivity index (χ1n) is 8.09.